The third kappa shape index (κ3) is 1.97. The first-order chi connectivity index (χ1) is 9.70. The van der Waals surface area contributed by atoms with Crippen LogP contribution in [0.5, 0.6) is 5.75 Å². The molecule has 3 nitrogen and oxygen atoms in total. The van der Waals surface area contributed by atoms with Crippen molar-refractivity contribution in [2.45, 2.75) is 6.92 Å². The molecule has 0 spiro atoms. The SMILES string of the molecule is COc1ccc2oc(-c3ccccc3)c(C)c(=O)c2c1.[HH]. The molecule has 0 amide bonds. The fourth-order valence-corrected chi connectivity index (χ4v) is 2.26. The van der Waals surface area contributed by atoms with Gasteiger partial charge in [-0.15, -0.1) is 0 Å². The van der Waals surface area contributed by atoms with Gasteiger partial charge >= 0.3 is 0 Å². The lowest BCUT2D eigenvalue weighted by atomic mass is 10.1. The summed E-state index contributed by atoms with van der Waals surface area (Å²) in [5.41, 5.74) is 2.06. The van der Waals surface area contributed by atoms with Gasteiger partial charge in [0.25, 0.3) is 0 Å². The van der Waals surface area contributed by atoms with Crippen molar-refractivity contribution in [3.63, 3.8) is 0 Å². The lowest BCUT2D eigenvalue weighted by Crippen LogP contribution is -2.07. The molecule has 0 radical (unpaired) electrons. The highest BCUT2D eigenvalue weighted by Gasteiger charge is 2.12. The summed E-state index contributed by atoms with van der Waals surface area (Å²) in [6, 6.07) is 14.9. The number of hydrogen-bond acceptors (Lipinski definition) is 3. The van der Waals surface area contributed by atoms with Crippen LogP contribution in [-0.4, -0.2) is 7.11 Å². The summed E-state index contributed by atoms with van der Waals surface area (Å²) in [6.45, 7) is 1.78. The Labute approximate surface area is 117 Å². The standard InChI is InChI=1S/C17H14O3.H2/c1-11-16(18)14-10-13(19-2)8-9-15(14)20-17(11)12-6-4-3-5-7-12;/h3-10H,1-2H3;1H. The molecule has 0 aliphatic rings. The van der Waals surface area contributed by atoms with E-state index in [4.69, 9.17) is 9.15 Å². The predicted octanol–water partition coefficient (Wildman–Crippen LogP) is 4.02. The average molecular weight is 268 g/mol. The summed E-state index contributed by atoms with van der Waals surface area (Å²) >= 11 is 0. The van der Waals surface area contributed by atoms with Crippen LogP contribution in [0.4, 0.5) is 0 Å². The van der Waals surface area contributed by atoms with Crippen molar-refractivity contribution >= 4 is 11.0 Å². The second kappa shape index (κ2) is 4.85. The van der Waals surface area contributed by atoms with Gasteiger partial charge in [-0.3, -0.25) is 4.79 Å². The van der Waals surface area contributed by atoms with Crippen molar-refractivity contribution < 1.29 is 10.6 Å². The molecule has 0 saturated heterocycles. The Morgan fingerprint density at radius 1 is 1.10 bits per heavy atom. The number of hydrogen-bond donors (Lipinski definition) is 0. The van der Waals surface area contributed by atoms with Gasteiger partial charge in [-0.2, -0.15) is 0 Å². The minimum atomic E-state index is -0.0241. The molecular formula is C17H16O3. The highest BCUT2D eigenvalue weighted by atomic mass is 16.5. The van der Waals surface area contributed by atoms with E-state index in [1.54, 1.807) is 32.2 Å². The second-order valence-electron chi connectivity index (χ2n) is 4.61. The maximum Gasteiger partial charge on any atom is 0.196 e. The largest absolute Gasteiger partial charge is 0.497 e. The molecule has 0 unspecified atom stereocenters. The Kier molecular flexibility index (Phi) is 3.03. The van der Waals surface area contributed by atoms with Gasteiger partial charge in [0.15, 0.2) is 5.43 Å². The van der Waals surface area contributed by atoms with E-state index in [9.17, 15) is 4.79 Å². The van der Waals surface area contributed by atoms with Crippen molar-refractivity contribution in [1.29, 1.82) is 0 Å². The van der Waals surface area contributed by atoms with Gasteiger partial charge < -0.3 is 9.15 Å². The van der Waals surface area contributed by atoms with Crippen LogP contribution in [0.15, 0.2) is 57.7 Å². The van der Waals surface area contributed by atoms with Crippen LogP contribution in [0, 0.1) is 6.92 Å². The van der Waals surface area contributed by atoms with Crippen LogP contribution >= 0.6 is 0 Å². The quantitative estimate of drug-likeness (QED) is 0.704. The average Bonchev–Trinajstić information content (AvgIpc) is 2.51. The molecule has 20 heavy (non-hydrogen) atoms. The molecule has 0 N–H and O–H groups in total. The molecule has 3 rings (SSSR count). The van der Waals surface area contributed by atoms with Crippen molar-refractivity contribution in [2.75, 3.05) is 7.11 Å². The zero-order valence-electron chi connectivity index (χ0n) is 11.3. The van der Waals surface area contributed by atoms with Crippen molar-refractivity contribution in [3.8, 4) is 17.1 Å². The summed E-state index contributed by atoms with van der Waals surface area (Å²) in [6.07, 6.45) is 0. The third-order valence-corrected chi connectivity index (χ3v) is 3.36. The van der Waals surface area contributed by atoms with Gasteiger partial charge in [-0.1, -0.05) is 30.3 Å². The van der Waals surface area contributed by atoms with E-state index >= 15 is 0 Å². The molecule has 0 aliphatic heterocycles. The lowest BCUT2D eigenvalue weighted by Gasteiger charge is -2.08. The lowest BCUT2D eigenvalue weighted by molar-refractivity contribution is 0.415. The van der Waals surface area contributed by atoms with Gasteiger partial charge in [0, 0.05) is 12.6 Å². The van der Waals surface area contributed by atoms with Gasteiger partial charge in [0.2, 0.25) is 0 Å². The molecule has 2 aromatic carbocycles. The normalized spacial score (nSPS) is 10.7. The number of fused-ring (bicyclic) bond motifs is 1. The van der Waals surface area contributed by atoms with E-state index in [0.29, 0.717) is 28.0 Å². The molecule has 1 aromatic heterocycles. The summed E-state index contributed by atoms with van der Waals surface area (Å²) < 4.78 is 11.1. The van der Waals surface area contributed by atoms with Gasteiger partial charge in [-0.05, 0) is 25.1 Å². The number of methoxy groups -OCH3 is 1. The van der Waals surface area contributed by atoms with Gasteiger partial charge in [-0.25, -0.2) is 0 Å². The fraction of sp³-hybridized carbons (Fsp3) is 0.118. The Bertz CT molecular complexity index is 823. The number of ether oxygens (including phenoxy) is 1. The zero-order valence-corrected chi connectivity index (χ0v) is 11.3. The molecule has 0 fully saturated rings. The second-order valence-corrected chi connectivity index (χ2v) is 4.61. The monoisotopic (exact) mass is 268 g/mol. The van der Waals surface area contributed by atoms with Crippen LogP contribution in [0.1, 0.15) is 6.99 Å². The van der Waals surface area contributed by atoms with Crippen LogP contribution < -0.4 is 10.2 Å². The molecule has 102 valence electrons. The maximum atomic E-state index is 12.5. The van der Waals surface area contributed by atoms with Crippen LogP contribution in [-0.2, 0) is 0 Å². The summed E-state index contributed by atoms with van der Waals surface area (Å²) in [5.74, 6) is 1.27. The molecule has 1 heterocycles. The first-order valence-electron chi connectivity index (χ1n) is 6.37. The molecule has 3 aromatic rings. The highest BCUT2D eigenvalue weighted by molar-refractivity contribution is 5.81. The maximum absolute atomic E-state index is 12.5. The summed E-state index contributed by atoms with van der Waals surface area (Å²) in [4.78, 5) is 12.5. The predicted molar refractivity (Wildman–Crippen MR) is 81.3 cm³/mol. The van der Waals surface area contributed by atoms with Crippen LogP contribution in [0.2, 0.25) is 0 Å². The Hall–Kier alpha value is -2.55. The van der Waals surface area contributed by atoms with Gasteiger partial charge in [0.05, 0.1) is 12.5 Å². The van der Waals surface area contributed by atoms with Crippen LogP contribution in [0.3, 0.4) is 0 Å². The Morgan fingerprint density at radius 3 is 2.55 bits per heavy atom. The zero-order chi connectivity index (χ0) is 14.1. The van der Waals surface area contributed by atoms with E-state index in [1.807, 2.05) is 30.3 Å². The van der Waals surface area contributed by atoms with Crippen molar-refractivity contribution in [2.24, 2.45) is 0 Å². The summed E-state index contributed by atoms with van der Waals surface area (Å²) in [7, 11) is 1.58. The van der Waals surface area contributed by atoms with Crippen LogP contribution in [0.25, 0.3) is 22.3 Å². The van der Waals surface area contributed by atoms with E-state index < -0.39 is 0 Å². The van der Waals surface area contributed by atoms with E-state index in [0.717, 1.165) is 5.56 Å². The number of benzene rings is 2. The molecule has 0 aliphatic carbocycles. The third-order valence-electron chi connectivity index (χ3n) is 3.36. The summed E-state index contributed by atoms with van der Waals surface area (Å²) in [5, 5.41) is 0.543. The molecule has 0 bridgehead atoms. The van der Waals surface area contributed by atoms with Gasteiger partial charge in [0.1, 0.15) is 17.1 Å². The molecule has 0 atom stereocenters. The minimum absolute atomic E-state index is 0. The van der Waals surface area contributed by atoms with E-state index in [-0.39, 0.29) is 6.86 Å². The molecular weight excluding hydrogens is 252 g/mol. The van der Waals surface area contributed by atoms with E-state index in [2.05, 4.69) is 0 Å². The first-order valence-corrected chi connectivity index (χ1v) is 6.37. The minimum Gasteiger partial charge on any atom is -0.497 e. The van der Waals surface area contributed by atoms with E-state index in [1.165, 1.54) is 0 Å². The van der Waals surface area contributed by atoms with Crippen molar-refractivity contribution in [1.82, 2.24) is 0 Å². The van der Waals surface area contributed by atoms with Crippen molar-refractivity contribution in [3.05, 3.63) is 64.3 Å². The fourth-order valence-electron chi connectivity index (χ4n) is 2.26. The number of rotatable bonds is 2. The Morgan fingerprint density at radius 2 is 1.85 bits per heavy atom. The topological polar surface area (TPSA) is 39.4 Å². The molecule has 0 saturated carbocycles. The highest BCUT2D eigenvalue weighted by Crippen LogP contribution is 2.27. The smallest absolute Gasteiger partial charge is 0.196 e. The Balaban J connectivity index is 0.00000161. The first kappa shape index (κ1) is 12.5. The molecule has 3 heteroatoms.